The normalized spacial score (nSPS) is 10.7. The van der Waals surface area contributed by atoms with Crippen molar-refractivity contribution in [3.8, 4) is 11.5 Å². The van der Waals surface area contributed by atoms with Gasteiger partial charge in [0.05, 0.1) is 32.0 Å². The minimum atomic E-state index is -0.00277. The Morgan fingerprint density at radius 3 is 2.69 bits per heavy atom. The first-order valence-corrected chi connectivity index (χ1v) is 9.92. The smallest absolute Gasteiger partial charge is 0.230 e. The lowest BCUT2D eigenvalue weighted by Crippen LogP contribution is -2.24. The van der Waals surface area contributed by atoms with Crippen molar-refractivity contribution in [1.29, 1.82) is 0 Å². The van der Waals surface area contributed by atoms with Crippen LogP contribution in [0.3, 0.4) is 0 Å². The molecule has 0 saturated carbocycles. The Balaban J connectivity index is 1.71. The van der Waals surface area contributed by atoms with Crippen molar-refractivity contribution < 1.29 is 14.3 Å². The van der Waals surface area contributed by atoms with Gasteiger partial charge in [-0.2, -0.15) is 0 Å². The van der Waals surface area contributed by atoms with Gasteiger partial charge in [0, 0.05) is 16.3 Å². The van der Waals surface area contributed by atoms with E-state index in [1.807, 2.05) is 36.6 Å². The van der Waals surface area contributed by atoms with Gasteiger partial charge in [-0.3, -0.25) is 4.79 Å². The maximum atomic E-state index is 12.1. The quantitative estimate of drug-likeness (QED) is 0.619. The molecule has 0 radical (unpaired) electrons. The summed E-state index contributed by atoms with van der Waals surface area (Å²) in [4.78, 5) is 17.9. The Bertz CT molecular complexity index is 911. The van der Waals surface area contributed by atoms with Crippen molar-refractivity contribution in [3.63, 3.8) is 0 Å². The molecule has 0 aliphatic carbocycles. The molecule has 1 N–H and O–H groups in total. The van der Waals surface area contributed by atoms with Gasteiger partial charge >= 0.3 is 0 Å². The molecule has 0 fully saturated rings. The first-order valence-electron chi connectivity index (χ1n) is 8.06. The molecule has 1 aromatic carbocycles. The molecule has 3 rings (SSSR count). The molecular weight excluding hydrogens is 368 g/mol. The predicted molar refractivity (Wildman–Crippen MR) is 106 cm³/mol. The van der Waals surface area contributed by atoms with Gasteiger partial charge in [0.15, 0.2) is 11.5 Å². The zero-order chi connectivity index (χ0) is 18.5. The Labute approximate surface area is 160 Å². The van der Waals surface area contributed by atoms with E-state index < -0.39 is 0 Å². The number of carbonyl (C=O) groups excluding carboxylic acids is 1. The summed E-state index contributed by atoms with van der Waals surface area (Å²) in [6, 6.07) is 9.81. The first-order chi connectivity index (χ1) is 12.6. The number of carbonyl (C=O) groups is 1. The van der Waals surface area contributed by atoms with Crippen LogP contribution in [0.25, 0.3) is 10.9 Å². The fourth-order valence-corrected chi connectivity index (χ4v) is 3.98. The summed E-state index contributed by atoms with van der Waals surface area (Å²) >= 11 is 3.07. The van der Waals surface area contributed by atoms with E-state index in [9.17, 15) is 4.79 Å². The van der Waals surface area contributed by atoms with E-state index in [4.69, 9.17) is 14.5 Å². The van der Waals surface area contributed by atoms with E-state index in [1.54, 1.807) is 25.6 Å². The molecule has 0 atom stereocenters. The molecule has 0 aliphatic rings. The van der Waals surface area contributed by atoms with E-state index >= 15 is 0 Å². The number of aromatic nitrogens is 1. The molecule has 5 nitrogen and oxygen atoms in total. The number of benzene rings is 1. The van der Waals surface area contributed by atoms with Crippen LogP contribution in [0.1, 0.15) is 10.4 Å². The first kappa shape index (κ1) is 18.5. The van der Waals surface area contributed by atoms with Crippen LogP contribution >= 0.6 is 23.1 Å². The highest BCUT2D eigenvalue weighted by molar-refractivity contribution is 7.99. The fourth-order valence-electron chi connectivity index (χ4n) is 2.52. The van der Waals surface area contributed by atoms with E-state index in [-0.39, 0.29) is 5.91 Å². The zero-order valence-electron chi connectivity index (χ0n) is 14.9. The summed E-state index contributed by atoms with van der Waals surface area (Å²) in [5.41, 5.74) is 1.84. The molecule has 0 aliphatic heterocycles. The molecule has 26 heavy (non-hydrogen) atoms. The fraction of sp³-hybridized carbons (Fsp3) is 0.263. The van der Waals surface area contributed by atoms with Crippen molar-refractivity contribution in [2.75, 3.05) is 20.0 Å². The lowest BCUT2D eigenvalue weighted by atomic mass is 10.1. The zero-order valence-corrected chi connectivity index (χ0v) is 16.5. The van der Waals surface area contributed by atoms with Crippen molar-refractivity contribution >= 4 is 39.9 Å². The number of hydrogen-bond donors (Lipinski definition) is 1. The largest absolute Gasteiger partial charge is 0.493 e. The standard InChI is InChI=1S/C19H20N2O3S2/c1-12-7-13-8-16(23-2)17(24-3)9-15(13)21-19(12)26-11-18(22)20-10-14-5-4-6-25-14/h4-9H,10-11H2,1-3H3,(H,20,22). The molecule has 0 unspecified atom stereocenters. The Morgan fingerprint density at radius 2 is 2.00 bits per heavy atom. The highest BCUT2D eigenvalue weighted by Crippen LogP contribution is 2.33. The molecule has 1 amide bonds. The van der Waals surface area contributed by atoms with Crippen molar-refractivity contribution in [2.45, 2.75) is 18.5 Å². The second kappa shape index (κ2) is 8.42. The molecular formula is C19H20N2O3S2. The Morgan fingerprint density at radius 1 is 1.23 bits per heavy atom. The lowest BCUT2D eigenvalue weighted by Gasteiger charge is -2.11. The molecule has 2 aromatic heterocycles. The number of nitrogens with one attached hydrogen (secondary N) is 1. The topological polar surface area (TPSA) is 60.5 Å². The van der Waals surface area contributed by atoms with Crippen LogP contribution in [-0.2, 0) is 11.3 Å². The van der Waals surface area contributed by atoms with E-state index in [0.717, 1.165) is 26.4 Å². The molecule has 2 heterocycles. The number of methoxy groups -OCH3 is 2. The third-order valence-corrected chi connectivity index (χ3v) is 5.81. The van der Waals surface area contributed by atoms with E-state index in [0.29, 0.717) is 23.8 Å². The number of hydrogen-bond acceptors (Lipinski definition) is 6. The highest BCUT2D eigenvalue weighted by atomic mass is 32.2. The van der Waals surface area contributed by atoms with E-state index in [2.05, 4.69) is 11.4 Å². The van der Waals surface area contributed by atoms with Gasteiger partial charge in [-0.05, 0) is 36.1 Å². The summed E-state index contributed by atoms with van der Waals surface area (Å²) < 4.78 is 10.7. The van der Waals surface area contributed by atoms with E-state index in [1.165, 1.54) is 11.8 Å². The van der Waals surface area contributed by atoms with Crippen LogP contribution in [0.4, 0.5) is 0 Å². The number of nitrogens with zero attached hydrogens (tertiary/aromatic N) is 1. The minimum absolute atomic E-state index is 0.00277. The third kappa shape index (κ3) is 4.28. The van der Waals surface area contributed by atoms with Crippen molar-refractivity contribution in [2.24, 2.45) is 0 Å². The van der Waals surface area contributed by atoms with Gasteiger partial charge in [0.2, 0.25) is 5.91 Å². The molecule has 0 saturated heterocycles. The summed E-state index contributed by atoms with van der Waals surface area (Å²) in [5, 5.41) is 6.76. The van der Waals surface area contributed by atoms with Crippen LogP contribution in [0.5, 0.6) is 11.5 Å². The predicted octanol–water partition coefficient (Wildman–Crippen LogP) is 4.03. The number of aryl methyl sites for hydroxylation is 1. The number of ether oxygens (including phenoxy) is 2. The second-order valence-electron chi connectivity index (χ2n) is 5.66. The SMILES string of the molecule is COc1cc2cc(C)c(SCC(=O)NCc3cccs3)nc2cc1OC. The highest BCUT2D eigenvalue weighted by Gasteiger charge is 2.11. The molecule has 0 bridgehead atoms. The number of thioether (sulfide) groups is 1. The Hall–Kier alpha value is -2.25. The molecule has 3 aromatic rings. The molecule has 7 heteroatoms. The van der Waals surface area contributed by atoms with Gasteiger partial charge in [0.1, 0.15) is 5.03 Å². The summed E-state index contributed by atoms with van der Waals surface area (Å²) in [5.74, 6) is 1.64. The summed E-state index contributed by atoms with van der Waals surface area (Å²) in [7, 11) is 3.22. The van der Waals surface area contributed by atoms with Crippen molar-refractivity contribution in [1.82, 2.24) is 10.3 Å². The lowest BCUT2D eigenvalue weighted by molar-refractivity contribution is -0.118. The number of fused-ring (bicyclic) bond motifs is 1. The van der Waals surface area contributed by atoms with Crippen LogP contribution < -0.4 is 14.8 Å². The number of pyridine rings is 1. The summed E-state index contributed by atoms with van der Waals surface area (Å²) in [6.45, 7) is 2.56. The number of rotatable bonds is 7. The minimum Gasteiger partial charge on any atom is -0.493 e. The maximum absolute atomic E-state index is 12.1. The van der Waals surface area contributed by atoms with Gasteiger partial charge in [-0.15, -0.1) is 11.3 Å². The van der Waals surface area contributed by atoms with Crippen LogP contribution in [0.15, 0.2) is 40.7 Å². The number of thiophene rings is 1. The second-order valence-corrected chi connectivity index (χ2v) is 7.65. The monoisotopic (exact) mass is 388 g/mol. The van der Waals surface area contributed by atoms with Gasteiger partial charge in [-0.25, -0.2) is 4.98 Å². The maximum Gasteiger partial charge on any atom is 0.230 e. The van der Waals surface area contributed by atoms with Crippen LogP contribution in [0.2, 0.25) is 0 Å². The average Bonchev–Trinajstić information content (AvgIpc) is 3.17. The molecule has 136 valence electrons. The van der Waals surface area contributed by atoms with Crippen molar-refractivity contribution in [3.05, 3.63) is 46.2 Å². The van der Waals surface area contributed by atoms with Crippen LogP contribution in [0, 0.1) is 6.92 Å². The Kier molecular flexibility index (Phi) is 6.00. The van der Waals surface area contributed by atoms with Gasteiger partial charge in [-0.1, -0.05) is 17.8 Å². The van der Waals surface area contributed by atoms with Gasteiger partial charge < -0.3 is 14.8 Å². The third-order valence-electron chi connectivity index (χ3n) is 3.84. The molecule has 0 spiro atoms. The van der Waals surface area contributed by atoms with Crippen LogP contribution in [-0.4, -0.2) is 30.9 Å². The average molecular weight is 389 g/mol. The van der Waals surface area contributed by atoms with Gasteiger partial charge in [0.25, 0.3) is 0 Å². The number of amides is 1. The summed E-state index contributed by atoms with van der Waals surface area (Å²) in [6.07, 6.45) is 0.